The molecular weight excluding hydrogens is 315 g/mol. The number of hydrogen-bond acceptors (Lipinski definition) is 3. The Hall–Kier alpha value is -1.55. The van der Waals surface area contributed by atoms with E-state index in [1.54, 1.807) is 6.07 Å². The molecule has 96 valence electrons. The Morgan fingerprint density at radius 3 is 2.56 bits per heavy atom. The van der Waals surface area contributed by atoms with Crippen molar-refractivity contribution in [2.45, 2.75) is 12.6 Å². The molecule has 3 nitrogen and oxygen atoms in total. The van der Waals surface area contributed by atoms with Gasteiger partial charge in [-0.05, 0) is 33.6 Å². The minimum absolute atomic E-state index is 0.0777. The van der Waals surface area contributed by atoms with Crippen molar-refractivity contribution < 1.29 is 22.7 Å². The van der Waals surface area contributed by atoms with Crippen LogP contribution in [0.5, 0.6) is 0 Å². The summed E-state index contributed by atoms with van der Waals surface area (Å²) in [7, 11) is 1.14. The molecule has 0 unspecified atom stereocenters. The van der Waals surface area contributed by atoms with E-state index in [0.717, 1.165) is 13.2 Å². The van der Waals surface area contributed by atoms with E-state index in [0.29, 0.717) is 0 Å². The summed E-state index contributed by atoms with van der Waals surface area (Å²) in [5.74, 6) is -0.672. The molecule has 0 fully saturated rings. The first kappa shape index (κ1) is 14.5. The molecular formula is C11H7BrF3NO2. The van der Waals surface area contributed by atoms with E-state index in [1.807, 2.05) is 0 Å². The number of esters is 1. The van der Waals surface area contributed by atoms with Crippen molar-refractivity contribution in [3.63, 3.8) is 0 Å². The van der Waals surface area contributed by atoms with Crippen molar-refractivity contribution >= 4 is 21.9 Å². The first-order valence-electron chi connectivity index (χ1n) is 4.66. The summed E-state index contributed by atoms with van der Waals surface area (Å²) in [5, 5.41) is 8.76. The number of methoxy groups -OCH3 is 1. The van der Waals surface area contributed by atoms with Gasteiger partial charge in [0.25, 0.3) is 0 Å². The quantitative estimate of drug-likeness (QED) is 0.787. The third kappa shape index (κ3) is 3.23. The fraction of sp³-hybridized carbons (Fsp3) is 0.273. The largest absolute Gasteiger partial charge is 0.469 e. The molecule has 0 atom stereocenters. The van der Waals surface area contributed by atoms with Gasteiger partial charge in [0.1, 0.15) is 6.07 Å². The number of carbonyl (C=O) groups is 1. The van der Waals surface area contributed by atoms with Crippen molar-refractivity contribution in [2.24, 2.45) is 0 Å². The van der Waals surface area contributed by atoms with E-state index in [2.05, 4.69) is 20.7 Å². The molecule has 1 aromatic rings. The average molecular weight is 322 g/mol. The van der Waals surface area contributed by atoms with E-state index in [4.69, 9.17) is 5.26 Å². The maximum atomic E-state index is 12.7. The van der Waals surface area contributed by atoms with Gasteiger partial charge in [0, 0.05) is 4.47 Å². The van der Waals surface area contributed by atoms with Crippen molar-refractivity contribution in [3.8, 4) is 6.07 Å². The van der Waals surface area contributed by atoms with E-state index in [-0.39, 0.29) is 22.0 Å². The van der Waals surface area contributed by atoms with Gasteiger partial charge in [-0.15, -0.1) is 0 Å². The number of ether oxygens (including phenoxy) is 1. The van der Waals surface area contributed by atoms with Crippen LogP contribution in [0.4, 0.5) is 13.2 Å². The van der Waals surface area contributed by atoms with E-state index in [1.165, 1.54) is 6.07 Å². The molecule has 0 N–H and O–H groups in total. The van der Waals surface area contributed by atoms with Gasteiger partial charge in [0.15, 0.2) is 0 Å². The molecule has 0 bridgehead atoms. The minimum Gasteiger partial charge on any atom is -0.469 e. The normalized spacial score (nSPS) is 10.9. The molecule has 0 aliphatic carbocycles. The molecule has 0 saturated heterocycles. The predicted molar refractivity (Wildman–Crippen MR) is 59.6 cm³/mol. The third-order valence-electron chi connectivity index (χ3n) is 2.13. The second-order valence-electron chi connectivity index (χ2n) is 3.37. The standard InChI is InChI=1S/C11H7BrF3NO2/c1-18-9(17)4-6-2-7(5-16)10(12)8(3-6)11(13,14)15/h2-3H,4H2,1H3. The van der Waals surface area contributed by atoms with Crippen molar-refractivity contribution in [2.75, 3.05) is 7.11 Å². The van der Waals surface area contributed by atoms with Crippen LogP contribution in [0.2, 0.25) is 0 Å². The summed E-state index contributed by atoms with van der Waals surface area (Å²) in [5.41, 5.74) is -1.09. The van der Waals surface area contributed by atoms with Crippen molar-refractivity contribution in [1.82, 2.24) is 0 Å². The Morgan fingerprint density at radius 2 is 2.11 bits per heavy atom. The number of nitrogens with zero attached hydrogens (tertiary/aromatic N) is 1. The monoisotopic (exact) mass is 321 g/mol. The summed E-state index contributed by atoms with van der Waals surface area (Å²) in [4.78, 5) is 11.0. The number of alkyl halides is 3. The molecule has 18 heavy (non-hydrogen) atoms. The van der Waals surface area contributed by atoms with Crippen LogP contribution in [0, 0.1) is 11.3 Å². The maximum absolute atomic E-state index is 12.7. The molecule has 1 aromatic carbocycles. The molecule has 0 spiro atoms. The molecule has 0 aliphatic rings. The van der Waals surface area contributed by atoms with Crippen LogP contribution in [0.3, 0.4) is 0 Å². The lowest BCUT2D eigenvalue weighted by Crippen LogP contribution is -2.10. The van der Waals surface area contributed by atoms with Gasteiger partial charge in [0.05, 0.1) is 24.7 Å². The van der Waals surface area contributed by atoms with Crippen LogP contribution >= 0.6 is 15.9 Å². The van der Waals surface area contributed by atoms with Gasteiger partial charge in [-0.2, -0.15) is 18.4 Å². The van der Waals surface area contributed by atoms with E-state index < -0.39 is 17.7 Å². The van der Waals surface area contributed by atoms with Crippen LogP contribution in [-0.2, 0) is 22.1 Å². The van der Waals surface area contributed by atoms with Gasteiger partial charge in [-0.3, -0.25) is 4.79 Å². The fourth-order valence-corrected chi connectivity index (χ4v) is 1.86. The molecule has 7 heteroatoms. The third-order valence-corrected chi connectivity index (χ3v) is 2.99. The Balaban J connectivity index is 3.32. The Morgan fingerprint density at radius 1 is 1.50 bits per heavy atom. The zero-order valence-corrected chi connectivity index (χ0v) is 10.7. The van der Waals surface area contributed by atoms with Gasteiger partial charge in [0.2, 0.25) is 0 Å². The van der Waals surface area contributed by atoms with Crippen molar-refractivity contribution in [3.05, 3.63) is 33.3 Å². The Labute approximate surface area is 109 Å². The summed E-state index contributed by atoms with van der Waals surface area (Å²) >= 11 is 2.74. The summed E-state index contributed by atoms with van der Waals surface area (Å²) in [6, 6.07) is 3.68. The first-order valence-corrected chi connectivity index (χ1v) is 5.45. The molecule has 0 radical (unpaired) electrons. The second kappa shape index (κ2) is 5.40. The number of halogens is 4. The second-order valence-corrected chi connectivity index (χ2v) is 4.16. The lowest BCUT2D eigenvalue weighted by atomic mass is 10.0. The molecule has 0 heterocycles. The Kier molecular flexibility index (Phi) is 4.35. The molecule has 1 rings (SSSR count). The predicted octanol–water partition coefficient (Wildman–Crippen LogP) is 3.06. The van der Waals surface area contributed by atoms with Crippen LogP contribution in [0.1, 0.15) is 16.7 Å². The number of hydrogen-bond donors (Lipinski definition) is 0. The average Bonchev–Trinajstić information content (AvgIpc) is 2.29. The van der Waals surface area contributed by atoms with Crippen LogP contribution in [0.25, 0.3) is 0 Å². The maximum Gasteiger partial charge on any atom is 0.417 e. The molecule has 0 amide bonds. The smallest absolute Gasteiger partial charge is 0.417 e. The van der Waals surface area contributed by atoms with Gasteiger partial charge in [-0.25, -0.2) is 0 Å². The van der Waals surface area contributed by atoms with E-state index >= 15 is 0 Å². The summed E-state index contributed by atoms with van der Waals surface area (Å²) in [6.45, 7) is 0. The number of carbonyl (C=O) groups excluding carboxylic acids is 1. The lowest BCUT2D eigenvalue weighted by Gasteiger charge is -2.12. The lowest BCUT2D eigenvalue weighted by molar-refractivity contribution is -0.140. The zero-order valence-electron chi connectivity index (χ0n) is 9.14. The zero-order chi connectivity index (χ0) is 13.9. The van der Waals surface area contributed by atoms with Gasteiger partial charge >= 0.3 is 12.1 Å². The highest BCUT2D eigenvalue weighted by molar-refractivity contribution is 9.10. The van der Waals surface area contributed by atoms with E-state index in [9.17, 15) is 18.0 Å². The SMILES string of the molecule is COC(=O)Cc1cc(C#N)c(Br)c(C(F)(F)F)c1. The number of benzene rings is 1. The minimum atomic E-state index is -4.60. The van der Waals surface area contributed by atoms with Crippen LogP contribution in [0.15, 0.2) is 16.6 Å². The first-order chi connectivity index (χ1) is 8.29. The Bertz CT molecular complexity index is 520. The van der Waals surface area contributed by atoms with Crippen LogP contribution < -0.4 is 0 Å². The summed E-state index contributed by atoms with van der Waals surface area (Å²) in [6.07, 6.45) is -4.92. The molecule has 0 aromatic heterocycles. The molecule has 0 aliphatic heterocycles. The van der Waals surface area contributed by atoms with Crippen molar-refractivity contribution in [1.29, 1.82) is 5.26 Å². The fourth-order valence-electron chi connectivity index (χ4n) is 1.31. The highest BCUT2D eigenvalue weighted by Gasteiger charge is 2.34. The number of rotatable bonds is 2. The highest BCUT2D eigenvalue weighted by atomic mass is 79.9. The topological polar surface area (TPSA) is 50.1 Å². The summed E-state index contributed by atoms with van der Waals surface area (Å²) < 4.78 is 42.2. The highest BCUT2D eigenvalue weighted by Crippen LogP contribution is 2.37. The number of nitriles is 1. The van der Waals surface area contributed by atoms with Gasteiger partial charge in [-0.1, -0.05) is 0 Å². The molecule has 0 saturated carbocycles. The van der Waals surface area contributed by atoms with Gasteiger partial charge < -0.3 is 4.74 Å². The van der Waals surface area contributed by atoms with Crippen LogP contribution in [-0.4, -0.2) is 13.1 Å².